The molecule has 3 N–H and O–H groups in total. The first-order valence-electron chi connectivity index (χ1n) is 9.33. The molecular weight excluding hydrogens is 373 g/mol. The molecule has 2 bridgehead atoms. The first kappa shape index (κ1) is 19.9. The lowest BCUT2D eigenvalue weighted by Crippen LogP contribution is -2.66. The fourth-order valence-corrected chi connectivity index (χ4v) is 4.89. The Bertz CT molecular complexity index is 732. The van der Waals surface area contributed by atoms with Crippen LogP contribution in [0.1, 0.15) is 36.0 Å². The van der Waals surface area contributed by atoms with Gasteiger partial charge in [-0.05, 0) is 49.8 Å². The number of amides is 2. The van der Waals surface area contributed by atoms with Crippen molar-refractivity contribution in [3.05, 3.63) is 29.6 Å². The smallest absolute Gasteiger partial charge is 0.255 e. The number of nitrogens with one attached hydrogen (secondary N) is 2. The average molecular weight is 398 g/mol. The summed E-state index contributed by atoms with van der Waals surface area (Å²) in [5, 5.41) is 16.1. The molecule has 0 radical (unpaired) electrons. The average Bonchev–Trinajstić information content (AvgIpc) is 2.62. The summed E-state index contributed by atoms with van der Waals surface area (Å²) in [6.45, 7) is 2.14. The zero-order chi connectivity index (χ0) is 18.3. The second-order valence-electron chi connectivity index (χ2n) is 7.61. The van der Waals surface area contributed by atoms with E-state index in [1.54, 1.807) is 0 Å². The molecule has 3 saturated heterocycles. The highest BCUT2D eigenvalue weighted by Crippen LogP contribution is 2.39. The van der Waals surface area contributed by atoms with Crippen molar-refractivity contribution in [2.45, 2.75) is 37.8 Å². The Labute approximate surface area is 163 Å². The standard InChI is InChI=1S/C19H24FN3O3.ClH/c20-13-4-5-14(17(24)7-13)19(26)22-10-16-12-6-11(8-21-9-12)15-2-1-3-18(25)23(15)16;/h4-5,7,11-12,15-16,21,24H,1-3,6,8-10H2,(H,22,26);1H/t11-,12+,15+,16+;/m1./s1. The van der Waals surface area contributed by atoms with Gasteiger partial charge in [0.25, 0.3) is 5.91 Å². The molecule has 0 aromatic heterocycles. The molecule has 3 aliphatic rings. The number of piperidine rings is 3. The van der Waals surface area contributed by atoms with E-state index in [9.17, 15) is 19.1 Å². The summed E-state index contributed by atoms with van der Waals surface area (Å²) >= 11 is 0. The number of benzene rings is 1. The van der Waals surface area contributed by atoms with Gasteiger partial charge in [-0.15, -0.1) is 12.4 Å². The summed E-state index contributed by atoms with van der Waals surface area (Å²) in [6, 6.07) is 3.56. The monoisotopic (exact) mass is 397 g/mol. The number of aromatic hydroxyl groups is 1. The number of phenolic OH excluding ortho intramolecular Hbond substituents is 1. The molecule has 8 heteroatoms. The molecule has 0 unspecified atom stereocenters. The Morgan fingerprint density at radius 3 is 2.89 bits per heavy atom. The zero-order valence-corrected chi connectivity index (χ0v) is 15.8. The lowest BCUT2D eigenvalue weighted by molar-refractivity contribution is -0.148. The van der Waals surface area contributed by atoms with Gasteiger partial charge in [0.15, 0.2) is 0 Å². The molecule has 2 amide bonds. The number of halogens is 2. The maximum Gasteiger partial charge on any atom is 0.255 e. The molecule has 3 fully saturated rings. The second-order valence-corrected chi connectivity index (χ2v) is 7.61. The number of phenols is 1. The highest BCUT2D eigenvalue weighted by atomic mass is 35.5. The van der Waals surface area contributed by atoms with E-state index in [1.165, 1.54) is 6.07 Å². The summed E-state index contributed by atoms with van der Waals surface area (Å²) in [4.78, 5) is 27.0. The molecule has 1 aromatic rings. The molecule has 3 aliphatic heterocycles. The number of fused-ring (bicyclic) bond motifs is 4. The van der Waals surface area contributed by atoms with E-state index in [1.807, 2.05) is 4.90 Å². The molecule has 4 atom stereocenters. The van der Waals surface area contributed by atoms with Gasteiger partial charge in [0.1, 0.15) is 11.6 Å². The van der Waals surface area contributed by atoms with Crippen molar-refractivity contribution in [3.8, 4) is 5.75 Å². The molecule has 4 rings (SSSR count). The van der Waals surface area contributed by atoms with Gasteiger partial charge in [0.05, 0.1) is 11.6 Å². The van der Waals surface area contributed by atoms with Gasteiger partial charge < -0.3 is 20.6 Å². The Balaban J connectivity index is 0.00000210. The Kier molecular flexibility index (Phi) is 5.91. The predicted molar refractivity (Wildman–Crippen MR) is 100 cm³/mol. The lowest BCUT2D eigenvalue weighted by Gasteiger charge is -2.54. The zero-order valence-electron chi connectivity index (χ0n) is 15.0. The van der Waals surface area contributed by atoms with E-state index in [0.29, 0.717) is 24.8 Å². The van der Waals surface area contributed by atoms with Crippen LogP contribution in [0.5, 0.6) is 5.75 Å². The summed E-state index contributed by atoms with van der Waals surface area (Å²) in [5.41, 5.74) is 0.0448. The van der Waals surface area contributed by atoms with Crippen molar-refractivity contribution in [1.82, 2.24) is 15.5 Å². The van der Waals surface area contributed by atoms with Crippen LogP contribution >= 0.6 is 12.4 Å². The van der Waals surface area contributed by atoms with Crippen molar-refractivity contribution in [3.63, 3.8) is 0 Å². The van der Waals surface area contributed by atoms with Gasteiger partial charge in [-0.2, -0.15) is 0 Å². The van der Waals surface area contributed by atoms with Crippen LogP contribution in [0.25, 0.3) is 0 Å². The van der Waals surface area contributed by atoms with Crippen LogP contribution in [-0.2, 0) is 4.79 Å². The normalized spacial score (nSPS) is 29.5. The molecule has 6 nitrogen and oxygen atoms in total. The molecule has 0 aliphatic carbocycles. The summed E-state index contributed by atoms with van der Waals surface area (Å²) in [5.74, 6) is -0.429. The fourth-order valence-electron chi connectivity index (χ4n) is 4.89. The first-order valence-corrected chi connectivity index (χ1v) is 9.33. The van der Waals surface area contributed by atoms with Crippen LogP contribution < -0.4 is 10.6 Å². The number of nitrogens with zero attached hydrogens (tertiary/aromatic N) is 1. The molecule has 0 spiro atoms. The molecule has 0 saturated carbocycles. The first-order chi connectivity index (χ1) is 12.5. The topological polar surface area (TPSA) is 81.7 Å². The van der Waals surface area contributed by atoms with Gasteiger partial charge >= 0.3 is 0 Å². The number of hydrogen-bond donors (Lipinski definition) is 3. The van der Waals surface area contributed by atoms with E-state index < -0.39 is 11.7 Å². The van der Waals surface area contributed by atoms with Gasteiger partial charge in [-0.25, -0.2) is 4.39 Å². The van der Waals surface area contributed by atoms with Crippen LogP contribution in [0.2, 0.25) is 0 Å². The third-order valence-corrected chi connectivity index (χ3v) is 6.08. The van der Waals surface area contributed by atoms with E-state index >= 15 is 0 Å². The van der Waals surface area contributed by atoms with E-state index in [-0.39, 0.29) is 41.7 Å². The fraction of sp³-hybridized carbons (Fsp3) is 0.579. The van der Waals surface area contributed by atoms with Gasteiger partial charge in [-0.1, -0.05) is 0 Å². The Morgan fingerprint density at radius 1 is 1.33 bits per heavy atom. The minimum atomic E-state index is -0.590. The number of hydrogen-bond acceptors (Lipinski definition) is 4. The maximum absolute atomic E-state index is 13.1. The summed E-state index contributed by atoms with van der Waals surface area (Å²) in [7, 11) is 0. The van der Waals surface area contributed by atoms with Crippen molar-refractivity contribution in [2.75, 3.05) is 19.6 Å². The van der Waals surface area contributed by atoms with Gasteiger partial charge in [0.2, 0.25) is 5.91 Å². The summed E-state index contributed by atoms with van der Waals surface area (Å²) in [6.07, 6.45) is 3.61. The third kappa shape index (κ3) is 3.75. The highest BCUT2D eigenvalue weighted by molar-refractivity contribution is 5.96. The minimum absolute atomic E-state index is 0. The highest BCUT2D eigenvalue weighted by Gasteiger charge is 2.47. The van der Waals surface area contributed by atoms with E-state index in [0.717, 1.165) is 44.5 Å². The predicted octanol–water partition coefficient (Wildman–Crippen LogP) is 1.67. The molecule has 1 aromatic carbocycles. The lowest BCUT2D eigenvalue weighted by atomic mass is 9.72. The third-order valence-electron chi connectivity index (χ3n) is 6.08. The van der Waals surface area contributed by atoms with Crippen molar-refractivity contribution < 1.29 is 19.1 Å². The number of carbonyl (C=O) groups excluding carboxylic acids is 2. The number of rotatable bonds is 3. The van der Waals surface area contributed by atoms with Gasteiger partial charge in [-0.3, -0.25) is 9.59 Å². The summed E-state index contributed by atoms with van der Waals surface area (Å²) < 4.78 is 13.1. The van der Waals surface area contributed by atoms with Crippen LogP contribution in [0.4, 0.5) is 4.39 Å². The van der Waals surface area contributed by atoms with Gasteiger partial charge in [0, 0.05) is 31.6 Å². The van der Waals surface area contributed by atoms with Crippen molar-refractivity contribution in [2.24, 2.45) is 11.8 Å². The van der Waals surface area contributed by atoms with E-state index in [2.05, 4.69) is 10.6 Å². The molecule has 3 heterocycles. The van der Waals surface area contributed by atoms with Crippen molar-refractivity contribution in [1.29, 1.82) is 0 Å². The molecule has 148 valence electrons. The Hall–Kier alpha value is -1.86. The van der Waals surface area contributed by atoms with Crippen LogP contribution in [-0.4, -0.2) is 53.5 Å². The quantitative estimate of drug-likeness (QED) is 0.724. The Morgan fingerprint density at radius 2 is 2.11 bits per heavy atom. The van der Waals surface area contributed by atoms with Crippen LogP contribution in [0.15, 0.2) is 18.2 Å². The minimum Gasteiger partial charge on any atom is -0.507 e. The second kappa shape index (κ2) is 8.02. The van der Waals surface area contributed by atoms with Crippen LogP contribution in [0.3, 0.4) is 0 Å². The number of carbonyl (C=O) groups is 2. The maximum atomic E-state index is 13.1. The molecular formula is C19H25ClFN3O3. The van der Waals surface area contributed by atoms with Crippen molar-refractivity contribution >= 4 is 24.2 Å². The van der Waals surface area contributed by atoms with Crippen LogP contribution in [0, 0.1) is 17.7 Å². The van der Waals surface area contributed by atoms with E-state index in [4.69, 9.17) is 0 Å². The SMILES string of the molecule is Cl.O=C(NC[C@H]1[C@@H]2CNC[C@@H](C2)[C@@H]2CCCC(=O)N21)c1ccc(F)cc1O. The molecule has 27 heavy (non-hydrogen) atoms. The largest absolute Gasteiger partial charge is 0.507 e.